The van der Waals surface area contributed by atoms with Gasteiger partial charge in [-0.15, -0.1) is 0 Å². The summed E-state index contributed by atoms with van der Waals surface area (Å²) < 4.78 is 1.57. The number of carbonyl (C=O) groups is 1. The van der Waals surface area contributed by atoms with E-state index in [4.69, 9.17) is 5.11 Å². The summed E-state index contributed by atoms with van der Waals surface area (Å²) in [7, 11) is 0. The lowest BCUT2D eigenvalue weighted by atomic mass is 10.1. The monoisotopic (exact) mass is 284 g/mol. The van der Waals surface area contributed by atoms with E-state index in [1.54, 1.807) is 18.4 Å². The Morgan fingerprint density at radius 1 is 1.33 bits per heavy atom. The first-order valence-corrected chi connectivity index (χ1v) is 6.51. The van der Waals surface area contributed by atoms with Crippen molar-refractivity contribution in [2.45, 2.75) is 20.4 Å². The number of rotatable bonds is 4. The van der Waals surface area contributed by atoms with Gasteiger partial charge in [0.1, 0.15) is 5.82 Å². The predicted molar refractivity (Wildman–Crippen MR) is 80.2 cm³/mol. The van der Waals surface area contributed by atoms with Crippen LogP contribution in [-0.4, -0.2) is 20.6 Å². The summed E-state index contributed by atoms with van der Waals surface area (Å²) in [4.78, 5) is 27.0. The van der Waals surface area contributed by atoms with Gasteiger partial charge in [0.25, 0.3) is 5.56 Å². The first-order chi connectivity index (χ1) is 9.97. The van der Waals surface area contributed by atoms with Gasteiger partial charge >= 0.3 is 5.97 Å². The van der Waals surface area contributed by atoms with Gasteiger partial charge in [-0.05, 0) is 31.1 Å². The highest BCUT2D eigenvalue weighted by atomic mass is 16.4. The molecular formula is C16H16N2O3. The van der Waals surface area contributed by atoms with Gasteiger partial charge in [0.15, 0.2) is 0 Å². The fraction of sp³-hybridized carbons (Fsp3) is 0.188. The molecule has 1 aromatic heterocycles. The van der Waals surface area contributed by atoms with Crippen molar-refractivity contribution in [1.29, 1.82) is 0 Å². The first kappa shape index (κ1) is 14.7. The fourth-order valence-corrected chi connectivity index (χ4v) is 2.13. The molecule has 2 aromatic rings. The Labute approximate surface area is 122 Å². The Hall–Kier alpha value is -2.69. The average Bonchev–Trinajstić information content (AvgIpc) is 2.41. The maximum Gasteiger partial charge on any atom is 0.328 e. The molecule has 1 N–H and O–H groups in total. The summed E-state index contributed by atoms with van der Waals surface area (Å²) in [6, 6.07) is 8.86. The van der Waals surface area contributed by atoms with E-state index in [1.165, 1.54) is 12.1 Å². The van der Waals surface area contributed by atoms with Crippen molar-refractivity contribution in [3.63, 3.8) is 0 Å². The normalized spacial score (nSPS) is 11.0. The van der Waals surface area contributed by atoms with Crippen molar-refractivity contribution < 1.29 is 9.90 Å². The molecule has 21 heavy (non-hydrogen) atoms. The molecule has 5 heteroatoms. The molecule has 0 aliphatic rings. The van der Waals surface area contributed by atoms with Crippen LogP contribution in [0.25, 0.3) is 6.08 Å². The number of carboxylic acid groups (broad SMARTS) is 1. The molecule has 0 unspecified atom stereocenters. The fourth-order valence-electron chi connectivity index (χ4n) is 2.13. The van der Waals surface area contributed by atoms with Gasteiger partial charge in [0.05, 0.1) is 6.54 Å². The standard InChI is InChI=1S/C16H16N2O3/c1-11-9-15(19)18(12(2)17-11)10-14-6-4-3-5-13(14)7-8-16(20)21/h3-9H,10H2,1-2H3,(H,20,21). The van der Waals surface area contributed by atoms with Crippen molar-refractivity contribution in [3.05, 3.63) is 69.4 Å². The highest BCUT2D eigenvalue weighted by Gasteiger charge is 2.06. The van der Waals surface area contributed by atoms with Crippen LogP contribution in [0.4, 0.5) is 0 Å². The van der Waals surface area contributed by atoms with Gasteiger partial charge in [-0.1, -0.05) is 24.3 Å². The molecule has 0 amide bonds. The Morgan fingerprint density at radius 3 is 2.71 bits per heavy atom. The highest BCUT2D eigenvalue weighted by molar-refractivity contribution is 5.85. The number of nitrogens with zero attached hydrogens (tertiary/aromatic N) is 2. The average molecular weight is 284 g/mol. The number of aliphatic carboxylic acids is 1. The zero-order valence-electron chi connectivity index (χ0n) is 11.9. The molecule has 108 valence electrons. The summed E-state index contributed by atoms with van der Waals surface area (Å²) in [5.74, 6) is -0.368. The van der Waals surface area contributed by atoms with Gasteiger partial charge < -0.3 is 5.11 Å². The maximum absolute atomic E-state index is 12.1. The molecular weight excluding hydrogens is 268 g/mol. The van der Waals surface area contributed by atoms with Gasteiger partial charge in [-0.25, -0.2) is 9.78 Å². The van der Waals surface area contributed by atoms with E-state index >= 15 is 0 Å². The van der Waals surface area contributed by atoms with Crippen molar-refractivity contribution in [3.8, 4) is 0 Å². The van der Waals surface area contributed by atoms with Gasteiger partial charge in [-0.3, -0.25) is 9.36 Å². The largest absolute Gasteiger partial charge is 0.478 e. The van der Waals surface area contributed by atoms with Crippen molar-refractivity contribution in [2.24, 2.45) is 0 Å². The number of aromatic nitrogens is 2. The molecule has 0 radical (unpaired) electrons. The SMILES string of the molecule is Cc1cc(=O)n(Cc2ccccc2C=CC(=O)O)c(C)n1. The van der Waals surface area contributed by atoms with E-state index < -0.39 is 5.97 Å². The van der Waals surface area contributed by atoms with Crippen molar-refractivity contribution in [1.82, 2.24) is 9.55 Å². The Bertz CT molecular complexity index is 760. The Kier molecular flexibility index (Phi) is 4.33. The summed E-state index contributed by atoms with van der Waals surface area (Å²) in [5.41, 5.74) is 2.21. The molecule has 2 rings (SSSR count). The zero-order chi connectivity index (χ0) is 15.4. The van der Waals surface area contributed by atoms with Crippen molar-refractivity contribution in [2.75, 3.05) is 0 Å². The smallest absolute Gasteiger partial charge is 0.328 e. The second kappa shape index (κ2) is 6.17. The Morgan fingerprint density at radius 2 is 2.05 bits per heavy atom. The molecule has 0 saturated heterocycles. The minimum absolute atomic E-state index is 0.114. The van der Waals surface area contributed by atoms with Crippen LogP contribution in [0.2, 0.25) is 0 Å². The molecule has 0 aliphatic heterocycles. The van der Waals surface area contributed by atoms with E-state index in [-0.39, 0.29) is 5.56 Å². The van der Waals surface area contributed by atoms with Crippen LogP contribution >= 0.6 is 0 Å². The summed E-state index contributed by atoms with van der Waals surface area (Å²) in [6.07, 6.45) is 2.61. The number of hydrogen-bond acceptors (Lipinski definition) is 3. The number of carboxylic acids is 1. The van der Waals surface area contributed by atoms with E-state index in [2.05, 4.69) is 4.98 Å². The predicted octanol–water partition coefficient (Wildman–Crippen LogP) is 2.01. The third-order valence-corrected chi connectivity index (χ3v) is 3.12. The highest BCUT2D eigenvalue weighted by Crippen LogP contribution is 2.12. The maximum atomic E-state index is 12.1. The van der Waals surface area contributed by atoms with Crippen LogP contribution in [0.3, 0.4) is 0 Å². The lowest BCUT2D eigenvalue weighted by molar-refractivity contribution is -0.131. The minimum Gasteiger partial charge on any atom is -0.478 e. The van der Waals surface area contributed by atoms with Crippen LogP contribution in [-0.2, 0) is 11.3 Å². The van der Waals surface area contributed by atoms with E-state index in [0.717, 1.165) is 17.2 Å². The van der Waals surface area contributed by atoms with Crippen LogP contribution in [0.15, 0.2) is 41.2 Å². The molecule has 0 spiro atoms. The zero-order valence-corrected chi connectivity index (χ0v) is 11.9. The minimum atomic E-state index is -1.00. The van der Waals surface area contributed by atoms with Gasteiger partial charge in [0, 0.05) is 17.8 Å². The van der Waals surface area contributed by atoms with E-state index in [1.807, 2.05) is 24.3 Å². The third-order valence-electron chi connectivity index (χ3n) is 3.12. The van der Waals surface area contributed by atoms with Crippen LogP contribution in [0, 0.1) is 13.8 Å². The first-order valence-electron chi connectivity index (χ1n) is 6.51. The molecule has 1 heterocycles. The summed E-state index contributed by atoms with van der Waals surface area (Å²) >= 11 is 0. The van der Waals surface area contributed by atoms with Crippen molar-refractivity contribution >= 4 is 12.0 Å². The van der Waals surface area contributed by atoms with Crippen LogP contribution in [0.1, 0.15) is 22.6 Å². The Balaban J connectivity index is 2.41. The van der Waals surface area contributed by atoms with E-state index in [9.17, 15) is 9.59 Å². The lowest BCUT2D eigenvalue weighted by Gasteiger charge is -2.11. The number of hydrogen-bond donors (Lipinski definition) is 1. The second-order valence-corrected chi connectivity index (χ2v) is 4.74. The molecule has 0 saturated carbocycles. The molecule has 0 fully saturated rings. The van der Waals surface area contributed by atoms with E-state index in [0.29, 0.717) is 18.1 Å². The topological polar surface area (TPSA) is 72.2 Å². The quantitative estimate of drug-likeness (QED) is 0.872. The molecule has 5 nitrogen and oxygen atoms in total. The third kappa shape index (κ3) is 3.66. The molecule has 1 aromatic carbocycles. The van der Waals surface area contributed by atoms with Gasteiger partial charge in [0.2, 0.25) is 0 Å². The number of aryl methyl sites for hydroxylation is 2. The summed E-state index contributed by atoms with van der Waals surface area (Å²) in [5, 5.41) is 8.72. The molecule has 0 aliphatic carbocycles. The number of benzene rings is 1. The molecule has 0 bridgehead atoms. The second-order valence-electron chi connectivity index (χ2n) is 4.74. The summed E-state index contributed by atoms with van der Waals surface area (Å²) in [6.45, 7) is 3.92. The van der Waals surface area contributed by atoms with Crippen LogP contribution in [0.5, 0.6) is 0 Å². The lowest BCUT2D eigenvalue weighted by Crippen LogP contribution is -2.24. The molecule has 0 atom stereocenters. The van der Waals surface area contributed by atoms with Crippen LogP contribution < -0.4 is 5.56 Å². The van der Waals surface area contributed by atoms with Gasteiger partial charge in [-0.2, -0.15) is 0 Å².